The summed E-state index contributed by atoms with van der Waals surface area (Å²) < 4.78 is 17.7. The van der Waals surface area contributed by atoms with Crippen LogP contribution in [0.1, 0.15) is 33.4 Å². The van der Waals surface area contributed by atoms with Gasteiger partial charge in [-0.2, -0.15) is 0 Å². The van der Waals surface area contributed by atoms with Crippen LogP contribution in [0, 0.1) is 13.8 Å². The Morgan fingerprint density at radius 1 is 0.760 bits per heavy atom. The van der Waals surface area contributed by atoms with E-state index in [1.165, 1.54) is 11.1 Å². The Balaban J connectivity index is 0.946. The first-order valence-corrected chi connectivity index (χ1v) is 17.3. The monoisotopic (exact) mass is 707 g/mol. The van der Waals surface area contributed by atoms with Gasteiger partial charge in [0, 0.05) is 49.9 Å². The number of aromatic nitrogens is 1. The van der Waals surface area contributed by atoms with Crippen molar-refractivity contribution in [3.05, 3.63) is 153 Å². The molecule has 256 valence electrons. The van der Waals surface area contributed by atoms with E-state index in [0.717, 1.165) is 47.6 Å². The van der Waals surface area contributed by atoms with Gasteiger partial charge in [-0.15, -0.1) is 0 Å². The minimum atomic E-state index is -0.0160. The fourth-order valence-corrected chi connectivity index (χ4v) is 5.99. The van der Waals surface area contributed by atoms with Gasteiger partial charge in [-0.1, -0.05) is 77.3 Å². The second-order valence-electron chi connectivity index (χ2n) is 12.4. The maximum absolute atomic E-state index is 13.0. The molecule has 0 atom stereocenters. The fourth-order valence-electron chi connectivity index (χ4n) is 5.55. The molecular weight excluding hydrogens is 669 g/mol. The van der Waals surface area contributed by atoms with E-state index in [0.29, 0.717) is 53.7 Å². The normalized spacial score (nSPS) is 13.4. The van der Waals surface area contributed by atoms with Gasteiger partial charge in [-0.25, -0.2) is 4.98 Å². The maximum Gasteiger partial charge on any atom is 0.246 e. The number of carbonyl (C=O) groups is 1. The van der Waals surface area contributed by atoms with E-state index in [9.17, 15) is 4.79 Å². The van der Waals surface area contributed by atoms with E-state index in [1.807, 2.05) is 60.4 Å². The van der Waals surface area contributed by atoms with Crippen molar-refractivity contribution in [2.24, 2.45) is 0 Å². The number of rotatable bonds is 12. The summed E-state index contributed by atoms with van der Waals surface area (Å²) in [5, 5.41) is 1.13. The molecule has 1 fully saturated rings. The summed E-state index contributed by atoms with van der Waals surface area (Å²) in [7, 11) is 0. The molecule has 1 saturated heterocycles. The largest absolute Gasteiger partial charge is 0.489 e. The van der Waals surface area contributed by atoms with Crippen molar-refractivity contribution in [2.45, 2.75) is 33.6 Å². The SMILES string of the molecule is Cc1ccc(COc2ccc(Oc3c(C)cc(C=CC(=O)N4CCN(Cc5ccc(COc6ccc(Cl)cc6)cc5)CC4)cc3Cl)nc2)cc1. The maximum atomic E-state index is 13.0. The zero-order valence-electron chi connectivity index (χ0n) is 28.1. The highest BCUT2D eigenvalue weighted by atomic mass is 35.5. The number of halogens is 2. The van der Waals surface area contributed by atoms with Gasteiger partial charge in [0.25, 0.3) is 0 Å². The van der Waals surface area contributed by atoms with E-state index >= 15 is 0 Å². The lowest BCUT2D eigenvalue weighted by Gasteiger charge is -2.34. The summed E-state index contributed by atoms with van der Waals surface area (Å²) in [6.07, 6.45) is 5.05. The Morgan fingerprint density at radius 2 is 1.38 bits per heavy atom. The molecule has 1 aliphatic rings. The van der Waals surface area contributed by atoms with E-state index in [-0.39, 0.29) is 5.91 Å². The number of pyridine rings is 1. The first kappa shape index (κ1) is 35.0. The first-order valence-electron chi connectivity index (χ1n) is 16.6. The standard InChI is InChI=1S/C41H39Cl2N3O4/c1-29-3-5-32(6-4-29)28-49-37-16-17-39(44-25-37)50-41-30(2)23-34(24-38(41)43)11-18-40(47)46-21-19-45(20-22-46)26-31-7-9-33(10-8-31)27-48-36-14-12-35(42)13-15-36/h3-18,23-25H,19-22,26-28H2,1-2H3. The molecule has 9 heteroatoms. The molecule has 1 aliphatic heterocycles. The van der Waals surface area contributed by atoms with Gasteiger partial charge in [-0.3, -0.25) is 9.69 Å². The molecule has 4 aromatic carbocycles. The van der Waals surface area contributed by atoms with Crippen LogP contribution in [0.15, 0.2) is 109 Å². The second-order valence-corrected chi connectivity index (χ2v) is 13.2. The van der Waals surface area contributed by atoms with Crippen LogP contribution in [-0.4, -0.2) is 46.9 Å². The number of piperazine rings is 1. The van der Waals surface area contributed by atoms with Gasteiger partial charge in [0.2, 0.25) is 11.8 Å². The molecule has 0 bridgehead atoms. The van der Waals surface area contributed by atoms with Crippen LogP contribution >= 0.6 is 23.2 Å². The Labute approximate surface area is 303 Å². The van der Waals surface area contributed by atoms with Crippen molar-refractivity contribution in [2.75, 3.05) is 26.2 Å². The van der Waals surface area contributed by atoms with Crippen molar-refractivity contribution in [3.63, 3.8) is 0 Å². The number of hydrogen-bond donors (Lipinski definition) is 0. The van der Waals surface area contributed by atoms with Gasteiger partial charge in [0.1, 0.15) is 24.7 Å². The zero-order valence-corrected chi connectivity index (χ0v) is 29.7. The van der Waals surface area contributed by atoms with Crippen molar-refractivity contribution < 1.29 is 19.0 Å². The van der Waals surface area contributed by atoms with Crippen LogP contribution < -0.4 is 14.2 Å². The molecule has 0 N–H and O–H groups in total. The highest BCUT2D eigenvalue weighted by molar-refractivity contribution is 6.32. The molecule has 50 heavy (non-hydrogen) atoms. The topological polar surface area (TPSA) is 64.1 Å². The van der Waals surface area contributed by atoms with Crippen LogP contribution in [0.25, 0.3) is 6.08 Å². The molecule has 7 nitrogen and oxygen atoms in total. The molecule has 0 saturated carbocycles. The molecule has 0 aliphatic carbocycles. The summed E-state index contributed by atoms with van der Waals surface area (Å²) in [6.45, 7) is 8.74. The molecular formula is C41H39Cl2N3O4. The lowest BCUT2D eigenvalue weighted by molar-refractivity contribution is -0.127. The molecule has 2 heterocycles. The zero-order chi connectivity index (χ0) is 34.9. The van der Waals surface area contributed by atoms with E-state index in [4.69, 9.17) is 37.4 Å². The van der Waals surface area contributed by atoms with Gasteiger partial charge in [0.15, 0.2) is 5.75 Å². The van der Waals surface area contributed by atoms with E-state index < -0.39 is 0 Å². The van der Waals surface area contributed by atoms with E-state index in [1.54, 1.807) is 30.5 Å². The lowest BCUT2D eigenvalue weighted by atomic mass is 10.1. The Bertz CT molecular complexity index is 1880. The van der Waals surface area contributed by atoms with Crippen molar-refractivity contribution in [3.8, 4) is 23.1 Å². The van der Waals surface area contributed by atoms with Crippen LogP contribution in [0.5, 0.6) is 23.1 Å². The summed E-state index contributed by atoms with van der Waals surface area (Å²) in [6, 6.07) is 31.4. The van der Waals surface area contributed by atoms with Crippen LogP contribution in [-0.2, 0) is 24.6 Å². The van der Waals surface area contributed by atoms with Crippen LogP contribution in [0.2, 0.25) is 10.0 Å². The molecule has 1 aromatic heterocycles. The number of nitrogens with zero attached hydrogens (tertiary/aromatic N) is 3. The van der Waals surface area contributed by atoms with Gasteiger partial charge in [-0.05, 0) is 90.2 Å². The Kier molecular flexibility index (Phi) is 11.7. The van der Waals surface area contributed by atoms with Crippen molar-refractivity contribution >= 4 is 35.2 Å². The summed E-state index contributed by atoms with van der Waals surface area (Å²) in [4.78, 5) is 21.7. The minimum Gasteiger partial charge on any atom is -0.489 e. The highest BCUT2D eigenvalue weighted by Crippen LogP contribution is 2.34. The average Bonchev–Trinajstić information content (AvgIpc) is 3.13. The highest BCUT2D eigenvalue weighted by Gasteiger charge is 2.20. The Hall–Kier alpha value is -4.82. The van der Waals surface area contributed by atoms with Crippen LogP contribution in [0.4, 0.5) is 0 Å². The van der Waals surface area contributed by atoms with Gasteiger partial charge < -0.3 is 19.1 Å². The number of aryl methyl sites for hydroxylation is 2. The second kappa shape index (κ2) is 16.7. The predicted molar refractivity (Wildman–Crippen MR) is 199 cm³/mol. The third-order valence-electron chi connectivity index (χ3n) is 8.44. The average molecular weight is 709 g/mol. The fraction of sp³-hybridized carbons (Fsp3) is 0.220. The number of carbonyl (C=O) groups excluding carboxylic acids is 1. The van der Waals surface area contributed by atoms with Crippen molar-refractivity contribution in [1.29, 1.82) is 0 Å². The summed E-state index contributed by atoms with van der Waals surface area (Å²) >= 11 is 12.6. The molecule has 5 aromatic rings. The van der Waals surface area contributed by atoms with Gasteiger partial charge >= 0.3 is 0 Å². The third kappa shape index (κ3) is 9.88. The molecule has 0 radical (unpaired) electrons. The summed E-state index contributed by atoms with van der Waals surface area (Å²) in [5.74, 6) is 2.35. The Morgan fingerprint density at radius 3 is 2.02 bits per heavy atom. The molecule has 6 rings (SSSR count). The van der Waals surface area contributed by atoms with Crippen LogP contribution in [0.3, 0.4) is 0 Å². The smallest absolute Gasteiger partial charge is 0.246 e. The third-order valence-corrected chi connectivity index (χ3v) is 8.98. The number of benzene rings is 4. The summed E-state index contributed by atoms with van der Waals surface area (Å²) in [5.41, 5.74) is 6.29. The number of ether oxygens (including phenoxy) is 3. The number of hydrogen-bond acceptors (Lipinski definition) is 6. The lowest BCUT2D eigenvalue weighted by Crippen LogP contribution is -2.47. The predicted octanol–water partition coefficient (Wildman–Crippen LogP) is 9.31. The van der Waals surface area contributed by atoms with Crippen molar-refractivity contribution in [1.82, 2.24) is 14.8 Å². The number of amides is 1. The molecule has 0 spiro atoms. The van der Waals surface area contributed by atoms with Gasteiger partial charge in [0.05, 0.1) is 11.2 Å². The first-order chi connectivity index (χ1) is 24.3. The molecule has 1 amide bonds. The minimum absolute atomic E-state index is 0.0160. The van der Waals surface area contributed by atoms with E-state index in [2.05, 4.69) is 53.2 Å². The quantitative estimate of drug-likeness (QED) is 0.121. The molecule has 0 unspecified atom stereocenters.